The van der Waals surface area contributed by atoms with Crippen molar-refractivity contribution in [1.82, 2.24) is 0 Å². The Morgan fingerprint density at radius 3 is 1.33 bits per heavy atom. The number of phosphoric ester groups is 3. The Labute approximate surface area is 410 Å². The second-order valence-electron chi connectivity index (χ2n) is 17.4. The maximum Gasteiger partial charge on any atom is 0.472 e. The first kappa shape index (κ1) is 65.1. The molecule has 0 aromatic carbocycles. The van der Waals surface area contributed by atoms with Crippen molar-refractivity contribution in [3.05, 3.63) is 48.6 Å². The first-order valence-corrected chi connectivity index (χ1v) is 29.5. The summed E-state index contributed by atoms with van der Waals surface area (Å²) < 4.78 is 65.5. The molecule has 5 unspecified atom stereocenters. The van der Waals surface area contributed by atoms with Crippen molar-refractivity contribution in [3.8, 4) is 0 Å². The average Bonchev–Trinajstić information content (AvgIpc) is 3.28. The number of hydrogen-bond donors (Lipinski definition) is 8. The summed E-state index contributed by atoms with van der Waals surface area (Å²) in [7, 11) is -16.6. The van der Waals surface area contributed by atoms with Gasteiger partial charge in [0.15, 0.2) is 6.10 Å². The molecule has 22 heteroatoms. The SMILES string of the molecule is CCCCC/C=C\C/C=C\C/C=C\CCCCCCC(=O)O[C@H](COC(=O)CCCCCCCCC/C=C\CCCCCC)COP(=O)(O)O[C@H]1C(O)C(O)C(OP(=O)(O)O)[C@@H](OP(=O)(O)O)C1O. The van der Waals surface area contributed by atoms with Gasteiger partial charge < -0.3 is 49.3 Å². The van der Waals surface area contributed by atoms with Gasteiger partial charge >= 0.3 is 35.4 Å². The maximum atomic E-state index is 13.1. The van der Waals surface area contributed by atoms with Gasteiger partial charge in [0.2, 0.25) is 0 Å². The van der Waals surface area contributed by atoms with Gasteiger partial charge in [0.05, 0.1) is 6.61 Å². The second kappa shape index (κ2) is 38.7. The number of carbonyl (C=O) groups excluding carboxylic acids is 2. The Bertz CT molecular complexity index is 1630. The Morgan fingerprint density at radius 2 is 0.841 bits per heavy atom. The Hall–Kier alpha value is -1.89. The molecule has 1 saturated carbocycles. The number of carbonyl (C=O) groups is 2. The molecule has 0 aliphatic heterocycles. The molecule has 0 amide bonds. The smallest absolute Gasteiger partial charge is 0.462 e. The van der Waals surface area contributed by atoms with Gasteiger partial charge in [0.1, 0.15) is 43.2 Å². The number of ether oxygens (including phenoxy) is 2. The highest BCUT2D eigenvalue weighted by molar-refractivity contribution is 7.47. The zero-order valence-corrected chi connectivity index (χ0v) is 43.6. The van der Waals surface area contributed by atoms with E-state index in [-0.39, 0.29) is 12.8 Å². The lowest BCUT2D eigenvalue weighted by Gasteiger charge is -2.44. The number of esters is 2. The van der Waals surface area contributed by atoms with Crippen molar-refractivity contribution in [3.63, 3.8) is 0 Å². The summed E-state index contributed by atoms with van der Waals surface area (Å²) in [4.78, 5) is 73.3. The van der Waals surface area contributed by atoms with Crippen molar-refractivity contribution in [2.45, 2.75) is 224 Å². The molecule has 1 fully saturated rings. The topological polar surface area (TPSA) is 303 Å². The van der Waals surface area contributed by atoms with Gasteiger partial charge in [-0.15, -0.1) is 0 Å². The fraction of sp³-hybridized carbons (Fsp3) is 0.787. The molecule has 0 radical (unpaired) electrons. The molecule has 0 spiro atoms. The molecule has 69 heavy (non-hydrogen) atoms. The van der Waals surface area contributed by atoms with Crippen LogP contribution in [0.2, 0.25) is 0 Å². The summed E-state index contributed by atoms with van der Waals surface area (Å²) in [5.41, 5.74) is 0. The van der Waals surface area contributed by atoms with Crippen LogP contribution in [0.5, 0.6) is 0 Å². The van der Waals surface area contributed by atoms with E-state index in [2.05, 4.69) is 71.5 Å². The van der Waals surface area contributed by atoms with Crippen LogP contribution in [0, 0.1) is 0 Å². The number of aliphatic hydroxyl groups is 3. The van der Waals surface area contributed by atoms with E-state index in [0.29, 0.717) is 19.3 Å². The van der Waals surface area contributed by atoms with E-state index in [4.69, 9.17) is 18.5 Å². The summed E-state index contributed by atoms with van der Waals surface area (Å²) in [6.07, 6.45) is 25.4. The molecule has 8 atom stereocenters. The van der Waals surface area contributed by atoms with Gasteiger partial charge in [0.25, 0.3) is 0 Å². The quantitative estimate of drug-likeness (QED) is 0.0122. The molecule has 8 N–H and O–H groups in total. The minimum absolute atomic E-state index is 0.0294. The van der Waals surface area contributed by atoms with Gasteiger partial charge in [-0.05, 0) is 77.0 Å². The van der Waals surface area contributed by atoms with Gasteiger partial charge in [-0.25, -0.2) is 13.7 Å². The van der Waals surface area contributed by atoms with Gasteiger partial charge in [0, 0.05) is 12.8 Å². The summed E-state index contributed by atoms with van der Waals surface area (Å²) in [6.45, 7) is 2.89. The zero-order valence-electron chi connectivity index (χ0n) is 40.9. The van der Waals surface area contributed by atoms with E-state index < -0.39 is 91.3 Å². The first-order chi connectivity index (χ1) is 32.8. The Balaban J connectivity index is 2.73. The van der Waals surface area contributed by atoms with Gasteiger partial charge in [-0.3, -0.25) is 27.7 Å². The summed E-state index contributed by atoms with van der Waals surface area (Å²) in [6, 6.07) is 0. The lowest BCUT2D eigenvalue weighted by atomic mass is 9.85. The number of allylic oxidation sites excluding steroid dienone is 8. The normalized spacial score (nSPS) is 21.7. The van der Waals surface area contributed by atoms with Gasteiger partial charge in [-0.2, -0.15) is 0 Å². The van der Waals surface area contributed by atoms with E-state index in [0.717, 1.165) is 89.9 Å². The lowest BCUT2D eigenvalue weighted by molar-refractivity contribution is -0.213. The van der Waals surface area contributed by atoms with Crippen LogP contribution in [-0.4, -0.2) is 108 Å². The second-order valence-corrected chi connectivity index (χ2v) is 21.2. The summed E-state index contributed by atoms with van der Waals surface area (Å²) >= 11 is 0. The van der Waals surface area contributed by atoms with Crippen molar-refractivity contribution in [1.29, 1.82) is 0 Å². The highest BCUT2D eigenvalue weighted by Crippen LogP contribution is 2.51. The minimum atomic E-state index is -5.61. The molecule has 0 saturated heterocycles. The van der Waals surface area contributed by atoms with Crippen molar-refractivity contribution < 1.29 is 90.6 Å². The molecule has 0 aromatic heterocycles. The molecule has 0 aromatic rings. The zero-order chi connectivity index (χ0) is 51.4. The van der Waals surface area contributed by atoms with Crippen molar-refractivity contribution in [2.24, 2.45) is 0 Å². The molecule has 1 aliphatic carbocycles. The van der Waals surface area contributed by atoms with E-state index in [9.17, 15) is 63.1 Å². The fourth-order valence-electron chi connectivity index (χ4n) is 7.35. The van der Waals surface area contributed by atoms with Crippen LogP contribution in [0.3, 0.4) is 0 Å². The third kappa shape index (κ3) is 35.0. The number of phosphoric acid groups is 3. The van der Waals surface area contributed by atoms with Crippen LogP contribution in [0.15, 0.2) is 48.6 Å². The van der Waals surface area contributed by atoms with E-state index in [1.165, 1.54) is 44.9 Å². The largest absolute Gasteiger partial charge is 0.472 e. The average molecular weight is 1050 g/mol. The maximum absolute atomic E-state index is 13.1. The minimum Gasteiger partial charge on any atom is -0.462 e. The van der Waals surface area contributed by atoms with Crippen LogP contribution in [-0.2, 0) is 50.9 Å². The molecule has 402 valence electrons. The number of rotatable bonds is 42. The number of unbranched alkanes of at least 4 members (excludes halogenated alkanes) is 18. The van der Waals surface area contributed by atoms with Gasteiger partial charge in [-0.1, -0.05) is 140 Å². The predicted molar refractivity (Wildman–Crippen MR) is 261 cm³/mol. The van der Waals surface area contributed by atoms with E-state index >= 15 is 0 Å². The van der Waals surface area contributed by atoms with Crippen LogP contribution in [0.1, 0.15) is 181 Å². The number of aliphatic hydroxyl groups excluding tert-OH is 3. The molecule has 1 aliphatic rings. The monoisotopic (exact) mass is 1050 g/mol. The van der Waals surface area contributed by atoms with Crippen molar-refractivity contribution >= 4 is 35.4 Å². The molecule has 0 heterocycles. The Morgan fingerprint density at radius 1 is 0.464 bits per heavy atom. The van der Waals surface area contributed by atoms with Crippen LogP contribution in [0.4, 0.5) is 0 Å². The molecule has 19 nitrogen and oxygen atoms in total. The van der Waals surface area contributed by atoms with Crippen LogP contribution < -0.4 is 0 Å². The van der Waals surface area contributed by atoms with Crippen LogP contribution in [0.25, 0.3) is 0 Å². The summed E-state index contributed by atoms with van der Waals surface area (Å²) in [5.74, 6) is -1.33. The first-order valence-electron chi connectivity index (χ1n) is 24.9. The molecule has 0 bridgehead atoms. The van der Waals surface area contributed by atoms with E-state index in [1.54, 1.807) is 0 Å². The molecular weight excluding hydrogens is 961 g/mol. The standard InChI is InChI=1S/C47H85O19P3/c1-3-5-7-9-11-13-15-17-19-20-22-24-26-28-30-32-34-36-41(49)63-39(37-61-40(48)35-33-31-29-27-25-23-21-18-16-14-12-10-8-6-4-2)38-62-69(59,60)66-45-42(50)43(51)46(64-67(53,54)55)47(44(45)52)65-68(56,57)58/h11,13-14,16-17,19,22,24,39,42-47,50-52H,3-10,12,15,18,20-21,23,25-38H2,1-2H3,(H,59,60)(H2,53,54,55)(H2,56,57,58)/b13-11-,16-14-,19-17-,24-22-/t39-,42?,43?,44?,45+,46?,47+/m1/s1. The Kier molecular flexibility index (Phi) is 36.5. The van der Waals surface area contributed by atoms with Crippen molar-refractivity contribution in [2.75, 3.05) is 13.2 Å². The summed E-state index contributed by atoms with van der Waals surface area (Å²) in [5, 5.41) is 31.9. The third-order valence-electron chi connectivity index (χ3n) is 11.1. The third-order valence-corrected chi connectivity index (χ3v) is 13.1. The highest BCUT2D eigenvalue weighted by Gasteiger charge is 2.56. The van der Waals surface area contributed by atoms with Crippen LogP contribution >= 0.6 is 23.5 Å². The molecular formula is C47H85O19P3. The molecule has 1 rings (SSSR count). The highest BCUT2D eigenvalue weighted by atomic mass is 31.2. The van der Waals surface area contributed by atoms with E-state index in [1.807, 2.05) is 0 Å². The predicted octanol–water partition coefficient (Wildman–Crippen LogP) is 9.40. The number of hydrogen-bond acceptors (Lipinski definition) is 14. The fourth-order valence-corrected chi connectivity index (χ4v) is 9.44. The lowest BCUT2D eigenvalue weighted by Crippen LogP contribution is -2.65.